The lowest BCUT2D eigenvalue weighted by Crippen LogP contribution is -2.41. The molecule has 8 nitrogen and oxygen atoms in total. The van der Waals surface area contributed by atoms with Gasteiger partial charge in [0.25, 0.3) is 0 Å². The van der Waals surface area contributed by atoms with Gasteiger partial charge in [-0.25, -0.2) is 14.8 Å². The average Bonchev–Trinajstić information content (AvgIpc) is 3.55. The first kappa shape index (κ1) is 21.4. The number of nitrogens with zero attached hydrogens (tertiary/aromatic N) is 5. The van der Waals surface area contributed by atoms with Crippen molar-refractivity contribution in [3.8, 4) is 0 Å². The summed E-state index contributed by atoms with van der Waals surface area (Å²) in [6.07, 6.45) is 10.9. The SMILES string of the molecule is COC(=O)c1cccc2c(Sc3cnc(N4CCC5(CCOC5)CC4)n4ccnc34)ccnc12. The zero-order valence-corrected chi connectivity index (χ0v) is 19.8. The number of benzene rings is 1. The molecule has 0 atom stereocenters. The molecule has 0 amide bonds. The molecule has 4 aromatic rings. The third kappa shape index (κ3) is 3.59. The molecule has 0 aliphatic carbocycles. The summed E-state index contributed by atoms with van der Waals surface area (Å²) in [5.41, 5.74) is 2.30. The predicted molar refractivity (Wildman–Crippen MR) is 130 cm³/mol. The Hall–Kier alpha value is -3.17. The van der Waals surface area contributed by atoms with Gasteiger partial charge in [0.15, 0.2) is 5.65 Å². The molecule has 2 aliphatic heterocycles. The van der Waals surface area contributed by atoms with Crippen LogP contribution in [0.15, 0.2) is 58.8 Å². The third-order valence-corrected chi connectivity index (χ3v) is 8.11. The number of hydrogen-bond donors (Lipinski definition) is 0. The van der Waals surface area contributed by atoms with Crippen LogP contribution >= 0.6 is 11.8 Å². The lowest BCUT2D eigenvalue weighted by atomic mass is 9.78. The summed E-state index contributed by atoms with van der Waals surface area (Å²) in [6, 6.07) is 7.51. The van der Waals surface area contributed by atoms with E-state index in [-0.39, 0.29) is 0 Å². The van der Waals surface area contributed by atoms with E-state index in [0.717, 1.165) is 65.9 Å². The van der Waals surface area contributed by atoms with E-state index in [1.165, 1.54) is 13.5 Å². The molecule has 2 saturated heterocycles. The van der Waals surface area contributed by atoms with E-state index < -0.39 is 5.97 Å². The van der Waals surface area contributed by atoms with Gasteiger partial charge in [-0.15, -0.1) is 0 Å². The number of carbonyl (C=O) groups excluding carboxylic acids is 1. The Morgan fingerprint density at radius 2 is 1.97 bits per heavy atom. The Bertz CT molecular complexity index is 1370. The molecule has 1 aromatic carbocycles. The number of carbonyl (C=O) groups is 1. The van der Waals surface area contributed by atoms with E-state index in [0.29, 0.717) is 16.5 Å². The summed E-state index contributed by atoms with van der Waals surface area (Å²) >= 11 is 1.58. The van der Waals surface area contributed by atoms with E-state index in [4.69, 9.17) is 14.5 Å². The van der Waals surface area contributed by atoms with Crippen LogP contribution in [-0.2, 0) is 9.47 Å². The first-order valence-corrected chi connectivity index (χ1v) is 12.3. The number of para-hydroxylation sites is 1. The molecule has 6 rings (SSSR count). The maximum absolute atomic E-state index is 12.2. The second kappa shape index (κ2) is 8.56. The zero-order valence-electron chi connectivity index (χ0n) is 18.9. The van der Waals surface area contributed by atoms with Crippen LogP contribution in [0.3, 0.4) is 0 Å². The number of ether oxygens (including phenoxy) is 2. The molecule has 1 spiro atoms. The monoisotopic (exact) mass is 475 g/mol. The smallest absolute Gasteiger partial charge is 0.340 e. The molecule has 0 radical (unpaired) electrons. The zero-order chi connectivity index (χ0) is 23.1. The highest BCUT2D eigenvalue weighted by Crippen LogP contribution is 2.41. The van der Waals surface area contributed by atoms with Crippen molar-refractivity contribution in [3.05, 3.63) is 54.6 Å². The Morgan fingerprint density at radius 3 is 2.76 bits per heavy atom. The molecule has 2 fully saturated rings. The van der Waals surface area contributed by atoms with Crippen molar-refractivity contribution in [1.29, 1.82) is 0 Å². The van der Waals surface area contributed by atoms with Gasteiger partial charge in [0.05, 0.1) is 29.7 Å². The highest BCUT2D eigenvalue weighted by atomic mass is 32.2. The Balaban J connectivity index is 1.32. The summed E-state index contributed by atoms with van der Waals surface area (Å²) in [6.45, 7) is 3.73. The lowest BCUT2D eigenvalue weighted by Gasteiger charge is -2.38. The van der Waals surface area contributed by atoms with Gasteiger partial charge in [-0.2, -0.15) is 0 Å². The minimum absolute atomic E-state index is 0.353. The van der Waals surface area contributed by atoms with Crippen molar-refractivity contribution in [1.82, 2.24) is 19.4 Å². The van der Waals surface area contributed by atoms with Crippen LogP contribution < -0.4 is 4.90 Å². The first-order valence-electron chi connectivity index (χ1n) is 11.5. The molecule has 9 heteroatoms. The van der Waals surface area contributed by atoms with Crippen LogP contribution in [0.5, 0.6) is 0 Å². The number of fused-ring (bicyclic) bond motifs is 2. The van der Waals surface area contributed by atoms with E-state index in [1.54, 1.807) is 24.0 Å². The average molecular weight is 476 g/mol. The van der Waals surface area contributed by atoms with Gasteiger partial charge >= 0.3 is 5.97 Å². The maximum atomic E-state index is 12.2. The van der Waals surface area contributed by atoms with Crippen molar-refractivity contribution in [2.24, 2.45) is 5.41 Å². The van der Waals surface area contributed by atoms with Gasteiger partial charge in [0, 0.05) is 54.8 Å². The number of imidazole rings is 1. The summed E-state index contributed by atoms with van der Waals surface area (Å²) in [7, 11) is 1.38. The van der Waals surface area contributed by atoms with Crippen LogP contribution in [0.4, 0.5) is 5.95 Å². The number of methoxy groups -OCH3 is 1. The van der Waals surface area contributed by atoms with Gasteiger partial charge in [-0.05, 0) is 36.8 Å². The highest BCUT2D eigenvalue weighted by molar-refractivity contribution is 7.99. The number of anilines is 1. The minimum Gasteiger partial charge on any atom is -0.465 e. The quantitative estimate of drug-likeness (QED) is 0.406. The summed E-state index contributed by atoms with van der Waals surface area (Å²) in [5.74, 6) is 0.535. The van der Waals surface area contributed by atoms with Crippen LogP contribution in [-0.4, -0.2) is 58.7 Å². The number of esters is 1. The van der Waals surface area contributed by atoms with Gasteiger partial charge in [-0.1, -0.05) is 23.9 Å². The molecule has 2 aliphatic rings. The topological polar surface area (TPSA) is 81.8 Å². The van der Waals surface area contributed by atoms with Crippen molar-refractivity contribution < 1.29 is 14.3 Å². The Kier molecular flexibility index (Phi) is 5.38. The van der Waals surface area contributed by atoms with Gasteiger partial charge in [0.2, 0.25) is 5.95 Å². The number of hydrogen-bond acceptors (Lipinski definition) is 8. The molecule has 34 heavy (non-hydrogen) atoms. The Labute approximate surface area is 201 Å². The summed E-state index contributed by atoms with van der Waals surface area (Å²) in [5, 5.41) is 0.893. The molecule has 0 unspecified atom stereocenters. The Morgan fingerprint density at radius 1 is 1.09 bits per heavy atom. The number of aromatic nitrogens is 4. The molecule has 0 saturated carbocycles. The van der Waals surface area contributed by atoms with Gasteiger partial charge in [0.1, 0.15) is 0 Å². The van der Waals surface area contributed by atoms with Crippen LogP contribution in [0, 0.1) is 5.41 Å². The van der Waals surface area contributed by atoms with Crippen molar-refractivity contribution in [2.45, 2.75) is 29.1 Å². The fourth-order valence-electron chi connectivity index (χ4n) is 5.05. The fourth-order valence-corrected chi connectivity index (χ4v) is 6.04. The van der Waals surface area contributed by atoms with Gasteiger partial charge in [-0.3, -0.25) is 9.38 Å². The van der Waals surface area contributed by atoms with E-state index >= 15 is 0 Å². The normalized spacial score (nSPS) is 17.6. The molecule has 5 heterocycles. The lowest BCUT2D eigenvalue weighted by molar-refractivity contribution is 0.0602. The van der Waals surface area contributed by atoms with Crippen LogP contribution in [0.1, 0.15) is 29.6 Å². The minimum atomic E-state index is -0.394. The molecule has 3 aromatic heterocycles. The number of rotatable bonds is 4. The standard InChI is InChI=1S/C25H25N5O3S/c1-32-23(31)18-4-2-3-17-19(5-9-26-21(17)18)34-20-15-28-24(30-13-10-27-22(20)30)29-11-6-25(7-12-29)8-14-33-16-25/h2-5,9-10,13,15H,6-8,11-12,14,16H2,1H3. The largest absolute Gasteiger partial charge is 0.465 e. The van der Waals surface area contributed by atoms with E-state index in [2.05, 4.69) is 19.3 Å². The first-order chi connectivity index (χ1) is 16.7. The summed E-state index contributed by atoms with van der Waals surface area (Å²) in [4.78, 5) is 30.4. The molecule has 0 bridgehead atoms. The second-order valence-electron chi connectivity index (χ2n) is 8.94. The van der Waals surface area contributed by atoms with Crippen LogP contribution in [0.2, 0.25) is 0 Å². The van der Waals surface area contributed by atoms with E-state index in [9.17, 15) is 4.79 Å². The molecular weight excluding hydrogens is 450 g/mol. The fraction of sp³-hybridized carbons (Fsp3) is 0.360. The van der Waals surface area contributed by atoms with E-state index in [1.807, 2.05) is 36.8 Å². The van der Waals surface area contributed by atoms with Crippen molar-refractivity contribution in [2.75, 3.05) is 38.3 Å². The number of piperidine rings is 1. The third-order valence-electron chi connectivity index (χ3n) is 7.02. The van der Waals surface area contributed by atoms with Gasteiger partial charge < -0.3 is 14.4 Å². The van der Waals surface area contributed by atoms with Crippen molar-refractivity contribution in [3.63, 3.8) is 0 Å². The molecule has 0 N–H and O–H groups in total. The maximum Gasteiger partial charge on any atom is 0.340 e. The molecule has 174 valence electrons. The molecular formula is C25H25N5O3S. The number of pyridine rings is 1. The van der Waals surface area contributed by atoms with Crippen LogP contribution in [0.25, 0.3) is 16.6 Å². The summed E-state index contributed by atoms with van der Waals surface area (Å²) < 4.78 is 12.7. The second-order valence-corrected chi connectivity index (χ2v) is 10.0. The predicted octanol–water partition coefficient (Wildman–Crippen LogP) is 4.22. The highest BCUT2D eigenvalue weighted by Gasteiger charge is 2.38. The van der Waals surface area contributed by atoms with Crippen molar-refractivity contribution >= 4 is 40.2 Å².